The number of aryl methyl sites for hydroxylation is 1. The van der Waals surface area contributed by atoms with Gasteiger partial charge in [0.15, 0.2) is 5.82 Å². The highest BCUT2D eigenvalue weighted by atomic mass is 79.9. The van der Waals surface area contributed by atoms with Gasteiger partial charge in [-0.15, -0.1) is 0 Å². The van der Waals surface area contributed by atoms with E-state index in [0.29, 0.717) is 29.7 Å². The van der Waals surface area contributed by atoms with Crippen molar-refractivity contribution in [2.24, 2.45) is 0 Å². The van der Waals surface area contributed by atoms with E-state index in [2.05, 4.69) is 36.4 Å². The highest BCUT2D eigenvalue weighted by molar-refractivity contribution is 9.10. The summed E-state index contributed by atoms with van der Waals surface area (Å²) in [5.41, 5.74) is 0. The SMILES string of the molecule is Cc1nc(CCNc2ncc(Cl)cc2Br)no1. The van der Waals surface area contributed by atoms with Crippen molar-refractivity contribution >= 4 is 33.3 Å². The second-order valence-electron chi connectivity index (χ2n) is 3.39. The molecule has 0 unspecified atom stereocenters. The van der Waals surface area contributed by atoms with Gasteiger partial charge in [-0.1, -0.05) is 16.8 Å². The zero-order valence-electron chi connectivity index (χ0n) is 9.07. The second-order valence-corrected chi connectivity index (χ2v) is 4.68. The molecule has 90 valence electrons. The molecule has 0 amide bonds. The van der Waals surface area contributed by atoms with Crippen LogP contribution in [0.4, 0.5) is 5.82 Å². The minimum atomic E-state index is 0.575. The quantitative estimate of drug-likeness (QED) is 0.939. The Hall–Kier alpha value is -1.14. The van der Waals surface area contributed by atoms with E-state index >= 15 is 0 Å². The van der Waals surface area contributed by atoms with Crippen LogP contribution in [0, 0.1) is 6.92 Å². The van der Waals surface area contributed by atoms with Crippen LogP contribution < -0.4 is 5.32 Å². The largest absolute Gasteiger partial charge is 0.369 e. The van der Waals surface area contributed by atoms with E-state index in [1.54, 1.807) is 19.2 Å². The minimum absolute atomic E-state index is 0.575. The van der Waals surface area contributed by atoms with Crippen molar-refractivity contribution in [1.29, 1.82) is 0 Å². The van der Waals surface area contributed by atoms with E-state index in [1.165, 1.54) is 0 Å². The first kappa shape index (κ1) is 12.3. The predicted octanol–water partition coefficient (Wildman–Crippen LogP) is 2.84. The summed E-state index contributed by atoms with van der Waals surface area (Å²) >= 11 is 9.18. The van der Waals surface area contributed by atoms with Gasteiger partial charge < -0.3 is 9.84 Å². The van der Waals surface area contributed by atoms with Crippen LogP contribution in [0.25, 0.3) is 0 Å². The number of nitrogens with one attached hydrogen (secondary N) is 1. The Kier molecular flexibility index (Phi) is 3.96. The van der Waals surface area contributed by atoms with Crippen LogP contribution in [-0.4, -0.2) is 21.7 Å². The summed E-state index contributed by atoms with van der Waals surface area (Å²) in [4.78, 5) is 8.27. The van der Waals surface area contributed by atoms with Gasteiger partial charge >= 0.3 is 0 Å². The molecule has 2 heterocycles. The van der Waals surface area contributed by atoms with Crippen molar-refractivity contribution < 1.29 is 4.52 Å². The molecular formula is C10H10BrClN4O. The van der Waals surface area contributed by atoms with Crippen LogP contribution in [0.5, 0.6) is 0 Å². The molecule has 17 heavy (non-hydrogen) atoms. The smallest absolute Gasteiger partial charge is 0.223 e. The molecule has 0 aliphatic heterocycles. The third-order valence-electron chi connectivity index (χ3n) is 2.02. The van der Waals surface area contributed by atoms with Crippen LogP contribution >= 0.6 is 27.5 Å². The number of halogens is 2. The van der Waals surface area contributed by atoms with E-state index < -0.39 is 0 Å². The van der Waals surface area contributed by atoms with Gasteiger partial charge in [-0.05, 0) is 22.0 Å². The highest BCUT2D eigenvalue weighted by Gasteiger charge is 2.04. The Labute approximate surface area is 112 Å². The number of nitrogens with zero attached hydrogens (tertiary/aromatic N) is 3. The van der Waals surface area contributed by atoms with Crippen molar-refractivity contribution in [1.82, 2.24) is 15.1 Å². The summed E-state index contributed by atoms with van der Waals surface area (Å²) in [7, 11) is 0. The maximum absolute atomic E-state index is 5.80. The van der Waals surface area contributed by atoms with E-state index in [0.717, 1.165) is 10.3 Å². The van der Waals surface area contributed by atoms with Crippen molar-refractivity contribution in [2.45, 2.75) is 13.3 Å². The first-order valence-corrected chi connectivity index (χ1v) is 6.16. The van der Waals surface area contributed by atoms with Crippen molar-refractivity contribution in [3.63, 3.8) is 0 Å². The Bertz CT molecular complexity index is 517. The van der Waals surface area contributed by atoms with Gasteiger partial charge in [-0.3, -0.25) is 0 Å². The number of rotatable bonds is 4. The monoisotopic (exact) mass is 316 g/mol. The fraction of sp³-hybridized carbons (Fsp3) is 0.300. The normalized spacial score (nSPS) is 10.5. The molecular weight excluding hydrogens is 307 g/mol. The van der Waals surface area contributed by atoms with Crippen LogP contribution in [-0.2, 0) is 6.42 Å². The predicted molar refractivity (Wildman–Crippen MR) is 68.2 cm³/mol. The number of hydrogen-bond donors (Lipinski definition) is 1. The maximum Gasteiger partial charge on any atom is 0.223 e. The molecule has 0 saturated heterocycles. The van der Waals surface area contributed by atoms with Gasteiger partial charge in [0.05, 0.1) is 9.50 Å². The molecule has 0 radical (unpaired) electrons. The van der Waals surface area contributed by atoms with Gasteiger partial charge in [-0.2, -0.15) is 4.98 Å². The molecule has 2 aromatic rings. The number of pyridine rings is 1. The molecule has 5 nitrogen and oxygen atoms in total. The van der Waals surface area contributed by atoms with Crippen molar-refractivity contribution in [3.8, 4) is 0 Å². The van der Waals surface area contributed by atoms with Gasteiger partial charge in [0.25, 0.3) is 0 Å². The first-order chi connectivity index (χ1) is 8.15. The Morgan fingerprint density at radius 2 is 2.35 bits per heavy atom. The lowest BCUT2D eigenvalue weighted by atomic mass is 10.4. The molecule has 2 rings (SSSR count). The third kappa shape index (κ3) is 3.41. The molecule has 0 aromatic carbocycles. The molecule has 0 fully saturated rings. The maximum atomic E-state index is 5.80. The number of hydrogen-bond acceptors (Lipinski definition) is 5. The molecule has 0 saturated carbocycles. The number of aromatic nitrogens is 3. The molecule has 0 bridgehead atoms. The fourth-order valence-electron chi connectivity index (χ4n) is 1.28. The molecule has 7 heteroatoms. The van der Waals surface area contributed by atoms with Crippen LogP contribution in [0.3, 0.4) is 0 Å². The van der Waals surface area contributed by atoms with E-state index in [9.17, 15) is 0 Å². The summed E-state index contributed by atoms with van der Waals surface area (Å²) < 4.78 is 5.70. The van der Waals surface area contributed by atoms with E-state index in [1.807, 2.05) is 0 Å². The highest BCUT2D eigenvalue weighted by Crippen LogP contribution is 2.22. The van der Waals surface area contributed by atoms with Gasteiger partial charge in [0, 0.05) is 26.1 Å². The van der Waals surface area contributed by atoms with Crippen molar-refractivity contribution in [2.75, 3.05) is 11.9 Å². The van der Waals surface area contributed by atoms with Crippen LogP contribution in [0.15, 0.2) is 21.3 Å². The van der Waals surface area contributed by atoms with Crippen LogP contribution in [0.2, 0.25) is 5.02 Å². The summed E-state index contributed by atoms with van der Waals surface area (Å²) in [5, 5.41) is 7.56. The average Bonchev–Trinajstić information content (AvgIpc) is 2.68. The van der Waals surface area contributed by atoms with Crippen molar-refractivity contribution in [3.05, 3.63) is 33.5 Å². The molecule has 0 aliphatic carbocycles. The second kappa shape index (κ2) is 5.46. The zero-order chi connectivity index (χ0) is 12.3. The minimum Gasteiger partial charge on any atom is -0.369 e. The summed E-state index contributed by atoms with van der Waals surface area (Å²) in [6.07, 6.45) is 2.27. The van der Waals surface area contributed by atoms with Gasteiger partial charge in [0.2, 0.25) is 5.89 Å². The van der Waals surface area contributed by atoms with Gasteiger partial charge in [0.1, 0.15) is 5.82 Å². The van der Waals surface area contributed by atoms with E-state index in [-0.39, 0.29) is 0 Å². The summed E-state index contributed by atoms with van der Waals surface area (Å²) in [6.45, 7) is 2.44. The zero-order valence-corrected chi connectivity index (χ0v) is 11.4. The Balaban J connectivity index is 1.90. The molecule has 0 spiro atoms. The van der Waals surface area contributed by atoms with E-state index in [4.69, 9.17) is 16.1 Å². The Morgan fingerprint density at radius 3 is 3.00 bits per heavy atom. The standard InChI is InChI=1S/C10H10BrClN4O/c1-6-15-9(16-17-6)2-3-13-10-8(11)4-7(12)5-14-10/h4-5H,2-3H2,1H3,(H,13,14). The average molecular weight is 318 g/mol. The molecule has 2 aromatic heterocycles. The molecule has 0 atom stereocenters. The first-order valence-electron chi connectivity index (χ1n) is 4.99. The topological polar surface area (TPSA) is 63.8 Å². The number of anilines is 1. The van der Waals surface area contributed by atoms with Gasteiger partial charge in [-0.25, -0.2) is 4.98 Å². The molecule has 0 aliphatic rings. The third-order valence-corrected chi connectivity index (χ3v) is 2.83. The summed E-state index contributed by atoms with van der Waals surface area (Å²) in [5.74, 6) is 2.00. The van der Waals surface area contributed by atoms with Crippen LogP contribution in [0.1, 0.15) is 11.7 Å². The fourth-order valence-corrected chi connectivity index (χ4v) is 2.06. The summed E-state index contributed by atoms with van der Waals surface area (Å²) in [6, 6.07) is 1.79. The lowest BCUT2D eigenvalue weighted by molar-refractivity contribution is 0.387. The lowest BCUT2D eigenvalue weighted by Crippen LogP contribution is -2.07. The molecule has 1 N–H and O–H groups in total. The Morgan fingerprint density at radius 1 is 1.53 bits per heavy atom. The lowest BCUT2D eigenvalue weighted by Gasteiger charge is -2.05.